The van der Waals surface area contributed by atoms with E-state index in [9.17, 15) is 14.9 Å². The zero-order valence-electron chi connectivity index (χ0n) is 11.4. The van der Waals surface area contributed by atoms with Crippen LogP contribution in [-0.4, -0.2) is 21.0 Å². The maximum Gasteiger partial charge on any atom is 0.269 e. The predicted molar refractivity (Wildman–Crippen MR) is 78.7 cm³/mol. The fourth-order valence-electron chi connectivity index (χ4n) is 1.73. The highest BCUT2D eigenvalue weighted by atomic mass is 16.6. The summed E-state index contributed by atoms with van der Waals surface area (Å²) in [5, 5.41) is 19.8. The van der Waals surface area contributed by atoms with E-state index in [1.54, 1.807) is 24.4 Å². The Morgan fingerprint density at radius 2 is 2.14 bits per heavy atom. The minimum Gasteiger partial charge on any atom is -0.307 e. The number of rotatable bonds is 5. The van der Waals surface area contributed by atoms with Crippen LogP contribution in [0.5, 0.6) is 0 Å². The number of benzene rings is 1. The number of aryl methyl sites for hydroxylation is 1. The van der Waals surface area contributed by atoms with E-state index >= 15 is 0 Å². The van der Waals surface area contributed by atoms with Gasteiger partial charge in [-0.3, -0.25) is 20.0 Å². The zero-order chi connectivity index (χ0) is 15.2. The van der Waals surface area contributed by atoms with Gasteiger partial charge in [0, 0.05) is 23.8 Å². The topological polar surface area (TPSA) is 101 Å². The van der Waals surface area contributed by atoms with Gasteiger partial charge < -0.3 is 5.32 Å². The molecule has 0 saturated heterocycles. The molecule has 0 atom stereocenters. The molecule has 0 radical (unpaired) electrons. The number of aromatic amines is 1. The van der Waals surface area contributed by atoms with Crippen molar-refractivity contribution in [3.05, 3.63) is 57.8 Å². The van der Waals surface area contributed by atoms with Gasteiger partial charge in [0.15, 0.2) is 0 Å². The number of nitrogens with zero attached hydrogens (tertiary/aromatic N) is 2. The summed E-state index contributed by atoms with van der Waals surface area (Å²) in [6.45, 7) is 1.97. The molecule has 1 aromatic carbocycles. The van der Waals surface area contributed by atoms with Gasteiger partial charge in [-0.15, -0.1) is 0 Å². The van der Waals surface area contributed by atoms with Crippen LogP contribution in [0, 0.1) is 10.1 Å². The van der Waals surface area contributed by atoms with Crippen LogP contribution < -0.4 is 5.32 Å². The van der Waals surface area contributed by atoms with Crippen LogP contribution in [0.15, 0.2) is 36.5 Å². The molecule has 2 aromatic rings. The van der Waals surface area contributed by atoms with Crippen LogP contribution in [0.4, 0.5) is 11.5 Å². The first-order valence-corrected chi connectivity index (χ1v) is 6.36. The monoisotopic (exact) mass is 286 g/mol. The number of nitro groups is 1. The van der Waals surface area contributed by atoms with Crippen molar-refractivity contribution in [3.8, 4) is 0 Å². The Bertz CT molecular complexity index is 674. The third-order valence-electron chi connectivity index (χ3n) is 2.88. The van der Waals surface area contributed by atoms with Gasteiger partial charge in [-0.05, 0) is 30.2 Å². The molecule has 0 fully saturated rings. The van der Waals surface area contributed by atoms with Crippen molar-refractivity contribution in [3.63, 3.8) is 0 Å². The molecule has 0 bridgehead atoms. The van der Waals surface area contributed by atoms with Crippen LogP contribution in [0.25, 0.3) is 6.08 Å². The number of hydrogen-bond donors (Lipinski definition) is 2. The normalized spacial score (nSPS) is 10.7. The summed E-state index contributed by atoms with van der Waals surface area (Å²) in [5.74, 6) is 0.281. The van der Waals surface area contributed by atoms with Crippen molar-refractivity contribution in [2.75, 3.05) is 5.32 Å². The van der Waals surface area contributed by atoms with E-state index in [0.717, 1.165) is 12.0 Å². The van der Waals surface area contributed by atoms with Crippen molar-refractivity contribution in [1.82, 2.24) is 10.2 Å². The van der Waals surface area contributed by atoms with Gasteiger partial charge in [0.25, 0.3) is 5.69 Å². The molecule has 0 saturated carbocycles. The number of nitro benzene ring substituents is 1. The van der Waals surface area contributed by atoms with Crippen molar-refractivity contribution in [2.45, 2.75) is 13.3 Å². The molecule has 1 amide bonds. The first-order chi connectivity index (χ1) is 10.1. The standard InChI is InChI=1S/C14H14N4O3/c1-2-11-9-15-17-14(11)16-13(19)8-5-10-3-6-12(7-4-10)18(20)21/h3-9H,2H2,1H3,(H2,15,16,17,19)/b8-5+. The van der Waals surface area contributed by atoms with Crippen LogP contribution >= 0.6 is 0 Å². The number of H-pyrrole nitrogens is 1. The number of carbonyl (C=O) groups is 1. The lowest BCUT2D eigenvalue weighted by Gasteiger charge is -2.00. The Kier molecular flexibility index (Phi) is 4.45. The molecule has 1 heterocycles. The van der Waals surface area contributed by atoms with E-state index in [1.165, 1.54) is 18.2 Å². The molecular formula is C14H14N4O3. The van der Waals surface area contributed by atoms with Crippen molar-refractivity contribution in [2.24, 2.45) is 0 Å². The molecule has 21 heavy (non-hydrogen) atoms. The highest BCUT2D eigenvalue weighted by Crippen LogP contribution is 2.14. The Labute approximate surface area is 120 Å². The zero-order valence-corrected chi connectivity index (χ0v) is 11.4. The molecule has 108 valence electrons. The number of nitrogens with one attached hydrogen (secondary N) is 2. The summed E-state index contributed by atoms with van der Waals surface area (Å²) in [6, 6.07) is 5.94. The minimum absolute atomic E-state index is 0.0154. The minimum atomic E-state index is -0.468. The second-order valence-electron chi connectivity index (χ2n) is 4.30. The van der Waals surface area contributed by atoms with Gasteiger partial charge in [-0.2, -0.15) is 5.10 Å². The number of non-ortho nitro benzene ring substituents is 1. The average molecular weight is 286 g/mol. The third-order valence-corrected chi connectivity index (χ3v) is 2.88. The fourth-order valence-corrected chi connectivity index (χ4v) is 1.73. The van der Waals surface area contributed by atoms with Gasteiger partial charge in [-0.1, -0.05) is 6.92 Å². The second kappa shape index (κ2) is 6.47. The van der Waals surface area contributed by atoms with E-state index in [2.05, 4.69) is 15.5 Å². The molecule has 0 unspecified atom stereocenters. The summed E-state index contributed by atoms with van der Waals surface area (Å²) in [7, 11) is 0. The molecule has 2 rings (SSSR count). The molecular weight excluding hydrogens is 272 g/mol. The molecule has 0 aliphatic carbocycles. The number of aromatic nitrogens is 2. The summed E-state index contributed by atoms with van der Waals surface area (Å²) >= 11 is 0. The molecule has 0 aliphatic heterocycles. The predicted octanol–water partition coefficient (Wildman–Crippen LogP) is 2.53. The van der Waals surface area contributed by atoms with Crippen LogP contribution in [0.1, 0.15) is 18.1 Å². The van der Waals surface area contributed by atoms with E-state index in [0.29, 0.717) is 11.4 Å². The molecule has 1 aromatic heterocycles. The fraction of sp³-hybridized carbons (Fsp3) is 0.143. The smallest absolute Gasteiger partial charge is 0.269 e. The lowest BCUT2D eigenvalue weighted by molar-refractivity contribution is -0.384. The van der Waals surface area contributed by atoms with Crippen LogP contribution in [0.3, 0.4) is 0 Å². The van der Waals surface area contributed by atoms with E-state index < -0.39 is 4.92 Å². The quantitative estimate of drug-likeness (QED) is 0.501. The third kappa shape index (κ3) is 3.75. The Hall–Kier alpha value is -2.96. The van der Waals surface area contributed by atoms with Gasteiger partial charge in [0.05, 0.1) is 11.1 Å². The number of anilines is 1. The maximum atomic E-state index is 11.8. The van der Waals surface area contributed by atoms with E-state index in [4.69, 9.17) is 0 Å². The highest BCUT2D eigenvalue weighted by Gasteiger charge is 2.05. The molecule has 0 aliphatic rings. The van der Waals surface area contributed by atoms with Crippen LogP contribution in [-0.2, 0) is 11.2 Å². The lowest BCUT2D eigenvalue weighted by atomic mass is 10.2. The average Bonchev–Trinajstić information content (AvgIpc) is 2.92. The Morgan fingerprint density at radius 1 is 1.43 bits per heavy atom. The first kappa shape index (κ1) is 14.4. The van der Waals surface area contributed by atoms with E-state index in [1.807, 2.05) is 6.92 Å². The summed E-state index contributed by atoms with van der Waals surface area (Å²) in [4.78, 5) is 21.8. The molecule has 0 spiro atoms. The van der Waals surface area contributed by atoms with E-state index in [-0.39, 0.29) is 11.6 Å². The van der Waals surface area contributed by atoms with Crippen LogP contribution in [0.2, 0.25) is 0 Å². The number of hydrogen-bond acceptors (Lipinski definition) is 4. The van der Waals surface area contributed by atoms with Crippen molar-refractivity contribution in [1.29, 1.82) is 0 Å². The Morgan fingerprint density at radius 3 is 2.76 bits per heavy atom. The van der Waals surface area contributed by atoms with Crippen molar-refractivity contribution < 1.29 is 9.72 Å². The largest absolute Gasteiger partial charge is 0.307 e. The van der Waals surface area contributed by atoms with Crippen molar-refractivity contribution >= 4 is 23.5 Å². The van der Waals surface area contributed by atoms with Gasteiger partial charge in [0.2, 0.25) is 5.91 Å². The van der Waals surface area contributed by atoms with Gasteiger partial charge in [-0.25, -0.2) is 0 Å². The first-order valence-electron chi connectivity index (χ1n) is 6.36. The highest BCUT2D eigenvalue weighted by molar-refractivity contribution is 6.01. The molecule has 7 nitrogen and oxygen atoms in total. The van der Waals surface area contributed by atoms with Gasteiger partial charge >= 0.3 is 0 Å². The molecule has 2 N–H and O–H groups in total. The summed E-state index contributed by atoms with van der Waals surface area (Å²) in [5.41, 5.74) is 1.64. The Balaban J connectivity index is 2.00. The number of amides is 1. The summed E-state index contributed by atoms with van der Waals surface area (Å²) < 4.78 is 0. The molecule has 7 heteroatoms. The second-order valence-corrected chi connectivity index (χ2v) is 4.30. The SMILES string of the molecule is CCc1cn[nH]c1NC(=O)/C=C/c1ccc([N+](=O)[O-])cc1. The lowest BCUT2D eigenvalue weighted by Crippen LogP contribution is -2.09. The maximum absolute atomic E-state index is 11.8. The summed E-state index contributed by atoms with van der Waals surface area (Å²) in [6.07, 6.45) is 5.37. The number of carbonyl (C=O) groups excluding carboxylic acids is 1. The van der Waals surface area contributed by atoms with Gasteiger partial charge in [0.1, 0.15) is 5.82 Å².